The van der Waals surface area contributed by atoms with Gasteiger partial charge in [-0.15, -0.1) is 0 Å². The number of carbonyl (C=O) groups excluding carboxylic acids is 1. The van der Waals surface area contributed by atoms with Gasteiger partial charge in [-0.05, 0) is 0 Å². The summed E-state index contributed by atoms with van der Waals surface area (Å²) in [5.74, 6) is 0.309. The first-order valence-electron chi connectivity index (χ1n) is 3.05. The van der Waals surface area contributed by atoms with Gasteiger partial charge in [0, 0.05) is 0 Å². The van der Waals surface area contributed by atoms with Crippen molar-refractivity contribution in [1.29, 1.82) is 0 Å². The highest BCUT2D eigenvalue weighted by Gasteiger charge is 2.02. The van der Waals surface area contributed by atoms with Crippen LogP contribution in [-0.2, 0) is 4.74 Å². The van der Waals surface area contributed by atoms with Crippen LogP contribution in [-0.4, -0.2) is 23.2 Å². The van der Waals surface area contributed by atoms with Crippen LogP contribution in [0.1, 0.15) is 0 Å². The van der Waals surface area contributed by atoms with Gasteiger partial charge < -0.3 is 15.2 Å². The highest BCUT2D eigenvalue weighted by molar-refractivity contribution is 5.63. The second kappa shape index (κ2) is 3.51. The normalized spacial score (nSPS) is 9.08. The van der Waals surface area contributed by atoms with E-state index in [2.05, 4.69) is 19.4 Å². The van der Waals surface area contributed by atoms with Crippen molar-refractivity contribution < 1.29 is 14.3 Å². The van der Waals surface area contributed by atoms with E-state index in [1.54, 1.807) is 0 Å². The van der Waals surface area contributed by atoms with Gasteiger partial charge in [0.05, 0.1) is 19.5 Å². The van der Waals surface area contributed by atoms with Gasteiger partial charge in [0.25, 0.3) is 0 Å². The molecule has 0 unspecified atom stereocenters. The first-order chi connectivity index (χ1) is 5.72. The molecule has 0 aliphatic rings. The average Bonchev–Trinajstić information content (AvgIpc) is 2.09. The van der Waals surface area contributed by atoms with Crippen molar-refractivity contribution in [3.05, 3.63) is 12.4 Å². The van der Waals surface area contributed by atoms with E-state index < -0.39 is 6.16 Å². The SMILES string of the molecule is COC(=O)Oc1cnc(N)nc1. The number of carbonyl (C=O) groups is 1. The number of aromatic nitrogens is 2. The molecule has 0 fully saturated rings. The summed E-state index contributed by atoms with van der Waals surface area (Å²) >= 11 is 0. The molecule has 0 atom stereocenters. The largest absolute Gasteiger partial charge is 0.513 e. The first-order valence-corrected chi connectivity index (χ1v) is 3.05. The second-order valence-electron chi connectivity index (χ2n) is 1.83. The smallest absolute Gasteiger partial charge is 0.437 e. The zero-order valence-electron chi connectivity index (χ0n) is 6.35. The van der Waals surface area contributed by atoms with Crippen LogP contribution in [0.4, 0.5) is 10.7 Å². The molecule has 2 N–H and O–H groups in total. The number of hydrogen-bond donors (Lipinski definition) is 1. The lowest BCUT2D eigenvalue weighted by atomic mass is 10.6. The number of ether oxygens (including phenoxy) is 2. The fourth-order valence-electron chi connectivity index (χ4n) is 0.517. The van der Waals surface area contributed by atoms with E-state index in [9.17, 15) is 4.79 Å². The standard InChI is InChI=1S/C6H7N3O3/c1-11-6(10)12-4-2-8-5(7)9-3-4/h2-3H,1H3,(H2,7,8,9). The topological polar surface area (TPSA) is 87.3 Å². The lowest BCUT2D eigenvalue weighted by molar-refractivity contribution is 0.121. The third kappa shape index (κ3) is 2.08. The summed E-state index contributed by atoms with van der Waals surface area (Å²) < 4.78 is 8.81. The Morgan fingerprint density at radius 1 is 1.50 bits per heavy atom. The number of nitrogens with two attached hydrogens (primary N) is 1. The van der Waals surface area contributed by atoms with Crippen LogP contribution < -0.4 is 10.5 Å². The maximum atomic E-state index is 10.5. The number of rotatable bonds is 1. The van der Waals surface area contributed by atoms with E-state index in [1.165, 1.54) is 19.5 Å². The van der Waals surface area contributed by atoms with Crippen LogP contribution in [0.3, 0.4) is 0 Å². The fraction of sp³-hybridized carbons (Fsp3) is 0.167. The summed E-state index contributed by atoms with van der Waals surface area (Å²) in [4.78, 5) is 17.7. The Morgan fingerprint density at radius 2 is 2.08 bits per heavy atom. The molecule has 0 bridgehead atoms. The number of hydrogen-bond acceptors (Lipinski definition) is 6. The fourth-order valence-corrected chi connectivity index (χ4v) is 0.517. The molecule has 0 aliphatic heterocycles. The third-order valence-corrected chi connectivity index (χ3v) is 1.02. The van der Waals surface area contributed by atoms with E-state index in [0.717, 1.165) is 0 Å². The molecule has 0 amide bonds. The summed E-state index contributed by atoms with van der Waals surface area (Å²) in [6.07, 6.45) is 1.74. The minimum atomic E-state index is -0.816. The predicted octanol–water partition coefficient (Wildman–Crippen LogP) is 0.204. The van der Waals surface area contributed by atoms with Gasteiger partial charge in [-0.2, -0.15) is 0 Å². The Labute approximate surface area is 68.3 Å². The molecule has 12 heavy (non-hydrogen) atoms. The third-order valence-electron chi connectivity index (χ3n) is 1.02. The van der Waals surface area contributed by atoms with Crippen LogP contribution in [0.5, 0.6) is 5.75 Å². The number of nitrogens with zero attached hydrogens (tertiary/aromatic N) is 2. The molecule has 0 aliphatic carbocycles. The average molecular weight is 169 g/mol. The number of nitrogen functional groups attached to an aromatic ring is 1. The number of anilines is 1. The molecule has 1 aromatic rings. The van der Waals surface area contributed by atoms with Crippen LogP contribution in [0.2, 0.25) is 0 Å². The van der Waals surface area contributed by atoms with Crippen molar-refractivity contribution in [3.8, 4) is 5.75 Å². The van der Waals surface area contributed by atoms with Gasteiger partial charge in [-0.1, -0.05) is 0 Å². The summed E-state index contributed by atoms with van der Waals surface area (Å²) in [6, 6.07) is 0. The van der Waals surface area contributed by atoms with Crippen molar-refractivity contribution in [2.24, 2.45) is 0 Å². The quantitative estimate of drug-likeness (QED) is 0.604. The van der Waals surface area contributed by atoms with Gasteiger partial charge >= 0.3 is 6.16 Å². The Hall–Kier alpha value is -1.85. The number of methoxy groups -OCH3 is 1. The molecular formula is C6H7N3O3. The van der Waals surface area contributed by atoms with Gasteiger partial charge in [0.2, 0.25) is 5.95 Å². The summed E-state index contributed by atoms with van der Waals surface area (Å²) in [5, 5.41) is 0. The molecule has 0 radical (unpaired) electrons. The molecule has 0 saturated carbocycles. The Kier molecular flexibility index (Phi) is 2.42. The van der Waals surface area contributed by atoms with Gasteiger partial charge in [-0.25, -0.2) is 14.8 Å². The molecular weight excluding hydrogens is 162 g/mol. The highest BCUT2D eigenvalue weighted by Crippen LogP contribution is 2.06. The molecule has 64 valence electrons. The van der Waals surface area contributed by atoms with Crippen LogP contribution >= 0.6 is 0 Å². The van der Waals surface area contributed by atoms with Crippen molar-refractivity contribution in [2.45, 2.75) is 0 Å². The predicted molar refractivity (Wildman–Crippen MR) is 39.5 cm³/mol. The molecule has 0 saturated heterocycles. The minimum Gasteiger partial charge on any atom is -0.437 e. The molecule has 0 aromatic carbocycles. The van der Waals surface area contributed by atoms with Crippen LogP contribution in [0.25, 0.3) is 0 Å². The molecule has 1 rings (SSSR count). The van der Waals surface area contributed by atoms with Gasteiger partial charge in [0.15, 0.2) is 5.75 Å². The van der Waals surface area contributed by atoms with E-state index >= 15 is 0 Å². The summed E-state index contributed by atoms with van der Waals surface area (Å²) in [7, 11) is 1.21. The Balaban J connectivity index is 2.64. The van der Waals surface area contributed by atoms with Crippen molar-refractivity contribution >= 4 is 12.1 Å². The molecule has 6 heteroatoms. The molecule has 0 spiro atoms. The Bertz CT molecular complexity index is 272. The van der Waals surface area contributed by atoms with Crippen molar-refractivity contribution in [3.63, 3.8) is 0 Å². The van der Waals surface area contributed by atoms with Crippen LogP contribution in [0, 0.1) is 0 Å². The minimum absolute atomic E-state index is 0.118. The highest BCUT2D eigenvalue weighted by atomic mass is 16.7. The van der Waals surface area contributed by atoms with E-state index in [1.807, 2.05) is 0 Å². The Morgan fingerprint density at radius 3 is 2.58 bits per heavy atom. The monoisotopic (exact) mass is 169 g/mol. The summed E-state index contributed by atoms with van der Waals surface area (Å²) in [5.41, 5.74) is 5.20. The van der Waals surface area contributed by atoms with Gasteiger partial charge in [-0.3, -0.25) is 0 Å². The second-order valence-corrected chi connectivity index (χ2v) is 1.83. The van der Waals surface area contributed by atoms with E-state index in [-0.39, 0.29) is 11.7 Å². The lowest BCUT2D eigenvalue weighted by Crippen LogP contribution is -2.08. The zero-order valence-corrected chi connectivity index (χ0v) is 6.35. The lowest BCUT2D eigenvalue weighted by Gasteiger charge is -2.00. The molecule has 6 nitrogen and oxygen atoms in total. The van der Waals surface area contributed by atoms with Crippen molar-refractivity contribution in [1.82, 2.24) is 9.97 Å². The first kappa shape index (κ1) is 8.25. The molecule has 1 heterocycles. The van der Waals surface area contributed by atoms with Gasteiger partial charge in [0.1, 0.15) is 0 Å². The van der Waals surface area contributed by atoms with E-state index in [0.29, 0.717) is 0 Å². The zero-order chi connectivity index (χ0) is 8.97. The van der Waals surface area contributed by atoms with Crippen LogP contribution in [0.15, 0.2) is 12.4 Å². The summed E-state index contributed by atoms with van der Waals surface area (Å²) in [6.45, 7) is 0. The van der Waals surface area contributed by atoms with E-state index in [4.69, 9.17) is 5.73 Å². The molecule has 1 aromatic heterocycles. The van der Waals surface area contributed by atoms with Crippen molar-refractivity contribution in [2.75, 3.05) is 12.8 Å². The maximum Gasteiger partial charge on any atom is 0.513 e. The maximum absolute atomic E-state index is 10.5.